The van der Waals surface area contributed by atoms with Crippen LogP contribution in [0.15, 0.2) is 12.2 Å². The smallest absolute Gasteiger partial charge is 0.305 e. The molecule has 4 nitrogen and oxygen atoms in total. The first-order chi connectivity index (χ1) is 13.7. The second kappa shape index (κ2) is 22.0. The molecule has 0 aliphatic carbocycles. The van der Waals surface area contributed by atoms with Gasteiger partial charge < -0.3 is 9.47 Å². The van der Waals surface area contributed by atoms with Gasteiger partial charge in [0.1, 0.15) is 0 Å². The van der Waals surface area contributed by atoms with Crippen LogP contribution in [-0.2, 0) is 19.1 Å². The van der Waals surface area contributed by atoms with Gasteiger partial charge in [0, 0.05) is 12.8 Å². The number of hydrogen-bond acceptors (Lipinski definition) is 4. The number of rotatable bonds is 20. The first kappa shape index (κ1) is 26.7. The van der Waals surface area contributed by atoms with Gasteiger partial charge >= 0.3 is 11.9 Å². The van der Waals surface area contributed by atoms with Crippen LogP contribution in [0, 0.1) is 0 Å². The number of esters is 2. The molecule has 0 saturated carbocycles. The van der Waals surface area contributed by atoms with Crippen molar-refractivity contribution in [2.45, 2.75) is 116 Å². The van der Waals surface area contributed by atoms with Crippen LogP contribution in [0.25, 0.3) is 0 Å². The van der Waals surface area contributed by atoms with Gasteiger partial charge in [0.25, 0.3) is 0 Å². The fraction of sp³-hybridized carbons (Fsp3) is 0.833. The van der Waals surface area contributed by atoms with Crippen molar-refractivity contribution in [1.82, 2.24) is 0 Å². The van der Waals surface area contributed by atoms with Gasteiger partial charge in [-0.3, -0.25) is 9.59 Å². The minimum absolute atomic E-state index is 0.0840. The topological polar surface area (TPSA) is 52.6 Å². The van der Waals surface area contributed by atoms with Crippen LogP contribution in [0.5, 0.6) is 0 Å². The van der Waals surface area contributed by atoms with Crippen molar-refractivity contribution in [2.75, 3.05) is 14.2 Å². The van der Waals surface area contributed by atoms with Gasteiger partial charge in [-0.05, 0) is 38.5 Å². The number of unbranched alkanes of at least 4 members (excludes halogenated alkanes) is 14. The summed E-state index contributed by atoms with van der Waals surface area (Å²) in [5, 5.41) is 0. The van der Waals surface area contributed by atoms with Gasteiger partial charge in [0.2, 0.25) is 0 Å². The Labute approximate surface area is 173 Å². The number of methoxy groups -OCH3 is 2. The average Bonchev–Trinajstić information content (AvgIpc) is 2.71. The largest absolute Gasteiger partial charge is 0.469 e. The van der Waals surface area contributed by atoms with Crippen LogP contribution in [0.4, 0.5) is 0 Å². The Morgan fingerprint density at radius 2 is 0.786 bits per heavy atom. The number of carbonyl (C=O) groups is 2. The van der Waals surface area contributed by atoms with Gasteiger partial charge in [0.15, 0.2) is 0 Å². The summed E-state index contributed by atoms with van der Waals surface area (Å²) >= 11 is 0. The molecule has 0 aliphatic heterocycles. The fourth-order valence-corrected chi connectivity index (χ4v) is 3.27. The Hall–Kier alpha value is -1.32. The van der Waals surface area contributed by atoms with Crippen molar-refractivity contribution < 1.29 is 19.1 Å². The van der Waals surface area contributed by atoms with Crippen LogP contribution >= 0.6 is 0 Å². The molecule has 0 saturated heterocycles. The second-order valence-corrected chi connectivity index (χ2v) is 7.65. The van der Waals surface area contributed by atoms with Gasteiger partial charge in [-0.25, -0.2) is 0 Å². The number of hydrogen-bond donors (Lipinski definition) is 0. The summed E-state index contributed by atoms with van der Waals surface area (Å²) < 4.78 is 9.28. The Balaban J connectivity index is 3.14. The summed E-state index contributed by atoms with van der Waals surface area (Å²) in [7, 11) is 2.91. The van der Waals surface area contributed by atoms with Gasteiger partial charge in [0.05, 0.1) is 14.2 Å². The van der Waals surface area contributed by atoms with E-state index in [0.717, 1.165) is 25.7 Å². The maximum atomic E-state index is 11.0. The summed E-state index contributed by atoms with van der Waals surface area (Å²) in [6.45, 7) is 0. The molecule has 0 aromatic heterocycles. The highest BCUT2D eigenvalue weighted by molar-refractivity contribution is 5.69. The summed E-state index contributed by atoms with van der Waals surface area (Å²) in [4.78, 5) is 22.0. The van der Waals surface area contributed by atoms with Crippen molar-refractivity contribution in [1.29, 1.82) is 0 Å². The molecule has 0 fully saturated rings. The van der Waals surface area contributed by atoms with E-state index in [2.05, 4.69) is 21.6 Å². The van der Waals surface area contributed by atoms with E-state index in [-0.39, 0.29) is 11.9 Å². The van der Waals surface area contributed by atoms with Gasteiger partial charge in [-0.2, -0.15) is 0 Å². The monoisotopic (exact) mass is 396 g/mol. The minimum atomic E-state index is -0.0840. The highest BCUT2D eigenvalue weighted by atomic mass is 16.5. The van der Waals surface area contributed by atoms with Crippen molar-refractivity contribution in [3.8, 4) is 0 Å². The lowest BCUT2D eigenvalue weighted by Gasteiger charge is -2.02. The molecular formula is C24H44O4. The molecule has 0 bridgehead atoms. The zero-order valence-electron chi connectivity index (χ0n) is 18.5. The van der Waals surface area contributed by atoms with Crippen molar-refractivity contribution >= 4 is 11.9 Å². The van der Waals surface area contributed by atoms with Crippen LogP contribution < -0.4 is 0 Å². The molecule has 0 heterocycles. The molecule has 0 aromatic rings. The highest BCUT2D eigenvalue weighted by Crippen LogP contribution is 2.12. The quantitative estimate of drug-likeness (QED) is 0.127. The molecule has 0 atom stereocenters. The predicted molar refractivity (Wildman–Crippen MR) is 116 cm³/mol. The van der Waals surface area contributed by atoms with E-state index in [1.54, 1.807) is 0 Å². The van der Waals surface area contributed by atoms with Crippen LogP contribution in [0.3, 0.4) is 0 Å². The molecule has 28 heavy (non-hydrogen) atoms. The molecule has 164 valence electrons. The Morgan fingerprint density at radius 3 is 1.11 bits per heavy atom. The predicted octanol–water partition coefficient (Wildman–Crippen LogP) is 6.91. The molecule has 0 amide bonds. The molecule has 0 rings (SSSR count). The lowest BCUT2D eigenvalue weighted by Crippen LogP contribution is -1.99. The van der Waals surface area contributed by atoms with Crippen LogP contribution in [0.1, 0.15) is 116 Å². The molecule has 0 unspecified atom stereocenters. The number of allylic oxidation sites excluding steroid dienone is 2. The lowest BCUT2D eigenvalue weighted by molar-refractivity contribution is -0.141. The molecule has 0 aliphatic rings. The summed E-state index contributed by atoms with van der Waals surface area (Å²) in [5.41, 5.74) is 0. The van der Waals surface area contributed by atoms with Crippen molar-refractivity contribution in [3.63, 3.8) is 0 Å². The summed E-state index contributed by atoms with van der Waals surface area (Å²) in [6, 6.07) is 0. The highest BCUT2D eigenvalue weighted by Gasteiger charge is 1.99. The molecule has 4 heteroatoms. The molecule has 0 radical (unpaired) electrons. The zero-order valence-corrected chi connectivity index (χ0v) is 18.5. The maximum absolute atomic E-state index is 11.0. The molecule has 0 aromatic carbocycles. The van der Waals surface area contributed by atoms with E-state index in [9.17, 15) is 9.59 Å². The van der Waals surface area contributed by atoms with E-state index < -0.39 is 0 Å². The third-order valence-electron chi connectivity index (χ3n) is 5.13. The normalized spacial score (nSPS) is 11.1. The van der Waals surface area contributed by atoms with Crippen molar-refractivity contribution in [2.24, 2.45) is 0 Å². The zero-order chi connectivity index (χ0) is 20.7. The first-order valence-corrected chi connectivity index (χ1v) is 11.5. The standard InChI is InChI=1S/C24H44O4/c1-27-23(25)21-19-17-15-13-11-9-7-5-3-4-6-8-10-12-14-16-18-20-22-24(26)28-2/h3-4H,5-22H2,1-2H3/b4-3+. The molecule has 0 spiro atoms. The Bertz CT molecular complexity index is 354. The van der Waals surface area contributed by atoms with Crippen LogP contribution in [-0.4, -0.2) is 26.2 Å². The first-order valence-electron chi connectivity index (χ1n) is 11.5. The van der Waals surface area contributed by atoms with Crippen LogP contribution in [0.2, 0.25) is 0 Å². The van der Waals surface area contributed by atoms with Gasteiger partial charge in [-0.1, -0.05) is 76.4 Å². The Morgan fingerprint density at radius 1 is 0.500 bits per heavy atom. The van der Waals surface area contributed by atoms with E-state index >= 15 is 0 Å². The maximum Gasteiger partial charge on any atom is 0.305 e. The lowest BCUT2D eigenvalue weighted by atomic mass is 10.1. The van der Waals surface area contributed by atoms with E-state index in [1.165, 1.54) is 91.3 Å². The Kier molecular flexibility index (Phi) is 20.9. The number of carbonyl (C=O) groups excluding carboxylic acids is 2. The third kappa shape index (κ3) is 21.0. The van der Waals surface area contributed by atoms with Crippen molar-refractivity contribution in [3.05, 3.63) is 12.2 Å². The number of ether oxygens (including phenoxy) is 2. The van der Waals surface area contributed by atoms with Gasteiger partial charge in [-0.15, -0.1) is 0 Å². The summed E-state index contributed by atoms with van der Waals surface area (Å²) in [5.74, 6) is -0.168. The average molecular weight is 397 g/mol. The van der Waals surface area contributed by atoms with E-state index in [4.69, 9.17) is 0 Å². The second-order valence-electron chi connectivity index (χ2n) is 7.65. The molecular weight excluding hydrogens is 352 g/mol. The molecule has 0 N–H and O–H groups in total. The van der Waals surface area contributed by atoms with E-state index in [0.29, 0.717) is 12.8 Å². The third-order valence-corrected chi connectivity index (χ3v) is 5.13. The summed E-state index contributed by atoms with van der Waals surface area (Å²) in [6.07, 6.45) is 25.4. The van der Waals surface area contributed by atoms with E-state index in [1.807, 2.05) is 0 Å². The minimum Gasteiger partial charge on any atom is -0.469 e. The fourth-order valence-electron chi connectivity index (χ4n) is 3.27. The SMILES string of the molecule is COC(=O)CCCCCCCCC/C=C/CCCCCCCCCC(=O)OC.